The van der Waals surface area contributed by atoms with Gasteiger partial charge in [0.2, 0.25) is 0 Å². The van der Waals surface area contributed by atoms with Crippen LogP contribution in [0.15, 0.2) is 24.5 Å². The van der Waals surface area contributed by atoms with Gasteiger partial charge in [-0.2, -0.15) is 0 Å². The van der Waals surface area contributed by atoms with E-state index >= 15 is 0 Å². The molecule has 15 heavy (non-hydrogen) atoms. The Kier molecular flexibility index (Phi) is 2.43. The molecule has 2 saturated heterocycles. The molecule has 3 rings (SSSR count). The number of nitrogens with one attached hydrogen (secondary N) is 1. The Morgan fingerprint density at radius 1 is 1.20 bits per heavy atom. The molecule has 0 bridgehead atoms. The summed E-state index contributed by atoms with van der Waals surface area (Å²) in [6.45, 7) is 6.06. The summed E-state index contributed by atoms with van der Waals surface area (Å²) in [5.74, 6) is 1.79. The first-order chi connectivity index (χ1) is 7.42. The molecule has 80 valence electrons. The average Bonchev–Trinajstić information content (AvgIpc) is 2.79. The fraction of sp³-hybridized carbons (Fsp3) is 0.583. The predicted molar refractivity (Wildman–Crippen MR) is 59.4 cm³/mol. The van der Waals surface area contributed by atoms with Gasteiger partial charge in [0.05, 0.1) is 0 Å². The molecule has 2 fully saturated rings. The zero-order valence-electron chi connectivity index (χ0n) is 8.89. The SMILES string of the molecule is c1cc(CN2CC3CNCC3C2)ccn1. The quantitative estimate of drug-likeness (QED) is 0.768. The molecule has 3 heterocycles. The van der Waals surface area contributed by atoms with Crippen LogP contribution < -0.4 is 5.32 Å². The highest BCUT2D eigenvalue weighted by molar-refractivity contribution is 5.10. The lowest BCUT2D eigenvalue weighted by Crippen LogP contribution is -2.25. The Labute approximate surface area is 90.5 Å². The Balaban J connectivity index is 1.62. The second kappa shape index (κ2) is 3.91. The standard InChI is InChI=1S/C12H17N3/c1-3-13-4-2-10(1)7-15-8-11-5-14-6-12(11)9-15/h1-4,11-12,14H,5-9H2. The number of hydrogen-bond acceptors (Lipinski definition) is 3. The minimum absolute atomic E-state index is 0.895. The van der Waals surface area contributed by atoms with Crippen LogP contribution in [0.1, 0.15) is 5.56 Å². The van der Waals surface area contributed by atoms with Crippen LogP contribution >= 0.6 is 0 Å². The second-order valence-corrected chi connectivity index (χ2v) is 4.73. The molecule has 2 aliphatic rings. The van der Waals surface area contributed by atoms with Crippen LogP contribution in [0, 0.1) is 11.8 Å². The molecule has 0 aliphatic carbocycles. The number of fused-ring (bicyclic) bond motifs is 1. The highest BCUT2D eigenvalue weighted by Crippen LogP contribution is 2.27. The lowest BCUT2D eigenvalue weighted by Gasteiger charge is -2.16. The van der Waals surface area contributed by atoms with Gasteiger partial charge in [0.15, 0.2) is 0 Å². The first-order valence-electron chi connectivity index (χ1n) is 5.74. The molecule has 0 radical (unpaired) electrons. The van der Waals surface area contributed by atoms with Gasteiger partial charge >= 0.3 is 0 Å². The van der Waals surface area contributed by atoms with Crippen LogP contribution in [-0.4, -0.2) is 36.1 Å². The summed E-state index contributed by atoms with van der Waals surface area (Å²) in [5, 5.41) is 3.47. The van der Waals surface area contributed by atoms with E-state index in [0.29, 0.717) is 0 Å². The molecule has 1 N–H and O–H groups in total. The normalized spacial score (nSPS) is 30.7. The van der Waals surface area contributed by atoms with E-state index in [4.69, 9.17) is 0 Å². The van der Waals surface area contributed by atoms with Crippen molar-refractivity contribution in [2.75, 3.05) is 26.2 Å². The molecule has 0 aromatic carbocycles. The number of pyridine rings is 1. The molecule has 0 amide bonds. The Morgan fingerprint density at radius 3 is 2.53 bits per heavy atom. The Bertz CT molecular complexity index is 313. The van der Waals surface area contributed by atoms with Gasteiger partial charge in [-0.3, -0.25) is 9.88 Å². The third-order valence-electron chi connectivity index (χ3n) is 3.62. The van der Waals surface area contributed by atoms with E-state index in [1.165, 1.54) is 31.7 Å². The molecule has 3 nitrogen and oxygen atoms in total. The summed E-state index contributed by atoms with van der Waals surface area (Å²) in [4.78, 5) is 6.62. The van der Waals surface area contributed by atoms with Gasteiger partial charge in [0.1, 0.15) is 0 Å². The third-order valence-corrected chi connectivity index (χ3v) is 3.62. The summed E-state index contributed by atoms with van der Waals surface area (Å²) < 4.78 is 0. The van der Waals surface area contributed by atoms with Crippen molar-refractivity contribution in [1.82, 2.24) is 15.2 Å². The van der Waals surface area contributed by atoms with Gasteiger partial charge in [-0.25, -0.2) is 0 Å². The molecule has 2 atom stereocenters. The molecule has 0 spiro atoms. The smallest absolute Gasteiger partial charge is 0.0271 e. The molecular weight excluding hydrogens is 186 g/mol. The zero-order chi connectivity index (χ0) is 10.1. The van der Waals surface area contributed by atoms with Gasteiger partial charge in [-0.15, -0.1) is 0 Å². The van der Waals surface area contributed by atoms with Crippen molar-refractivity contribution in [1.29, 1.82) is 0 Å². The lowest BCUT2D eigenvalue weighted by atomic mass is 10.0. The highest BCUT2D eigenvalue weighted by Gasteiger charge is 2.35. The minimum Gasteiger partial charge on any atom is -0.316 e. The topological polar surface area (TPSA) is 28.2 Å². The van der Waals surface area contributed by atoms with E-state index in [0.717, 1.165) is 18.4 Å². The van der Waals surface area contributed by atoms with Crippen LogP contribution in [0.3, 0.4) is 0 Å². The van der Waals surface area contributed by atoms with E-state index in [1.807, 2.05) is 12.4 Å². The maximum absolute atomic E-state index is 4.05. The summed E-state index contributed by atoms with van der Waals surface area (Å²) in [7, 11) is 0. The Morgan fingerprint density at radius 2 is 1.87 bits per heavy atom. The van der Waals surface area contributed by atoms with Crippen molar-refractivity contribution >= 4 is 0 Å². The number of likely N-dealkylation sites (tertiary alicyclic amines) is 1. The van der Waals surface area contributed by atoms with Crippen LogP contribution in [-0.2, 0) is 6.54 Å². The first kappa shape index (κ1) is 9.31. The fourth-order valence-electron chi connectivity index (χ4n) is 2.83. The molecule has 1 aromatic rings. The predicted octanol–water partition coefficient (Wildman–Crippen LogP) is 0.733. The first-order valence-corrected chi connectivity index (χ1v) is 5.74. The van der Waals surface area contributed by atoms with Crippen molar-refractivity contribution in [3.05, 3.63) is 30.1 Å². The molecule has 2 unspecified atom stereocenters. The maximum atomic E-state index is 4.05. The summed E-state index contributed by atoms with van der Waals surface area (Å²) in [5.41, 5.74) is 1.39. The third kappa shape index (κ3) is 1.90. The zero-order valence-corrected chi connectivity index (χ0v) is 8.89. The van der Waals surface area contributed by atoms with Gasteiger partial charge in [-0.05, 0) is 42.6 Å². The summed E-state index contributed by atoms with van der Waals surface area (Å²) in [6, 6.07) is 4.23. The van der Waals surface area contributed by atoms with Gasteiger partial charge < -0.3 is 5.32 Å². The van der Waals surface area contributed by atoms with Crippen molar-refractivity contribution < 1.29 is 0 Å². The largest absolute Gasteiger partial charge is 0.316 e. The molecule has 1 aromatic heterocycles. The second-order valence-electron chi connectivity index (χ2n) is 4.73. The summed E-state index contributed by atoms with van der Waals surface area (Å²) in [6.07, 6.45) is 3.77. The van der Waals surface area contributed by atoms with Crippen LogP contribution in [0.4, 0.5) is 0 Å². The lowest BCUT2D eigenvalue weighted by molar-refractivity contribution is 0.305. The average molecular weight is 203 g/mol. The van der Waals surface area contributed by atoms with E-state index in [9.17, 15) is 0 Å². The molecule has 2 aliphatic heterocycles. The van der Waals surface area contributed by atoms with E-state index < -0.39 is 0 Å². The van der Waals surface area contributed by atoms with Gasteiger partial charge in [0.25, 0.3) is 0 Å². The molecule has 3 heteroatoms. The number of hydrogen-bond donors (Lipinski definition) is 1. The van der Waals surface area contributed by atoms with E-state index in [1.54, 1.807) is 0 Å². The van der Waals surface area contributed by atoms with Gasteiger partial charge in [0, 0.05) is 32.0 Å². The maximum Gasteiger partial charge on any atom is 0.0271 e. The number of nitrogens with zero attached hydrogens (tertiary/aromatic N) is 2. The van der Waals surface area contributed by atoms with Crippen LogP contribution in [0.2, 0.25) is 0 Å². The number of aromatic nitrogens is 1. The van der Waals surface area contributed by atoms with Crippen LogP contribution in [0.5, 0.6) is 0 Å². The summed E-state index contributed by atoms with van der Waals surface area (Å²) >= 11 is 0. The fourth-order valence-corrected chi connectivity index (χ4v) is 2.83. The Hall–Kier alpha value is -0.930. The minimum atomic E-state index is 0.895. The van der Waals surface area contributed by atoms with Gasteiger partial charge in [-0.1, -0.05) is 0 Å². The number of rotatable bonds is 2. The molecular formula is C12H17N3. The van der Waals surface area contributed by atoms with E-state index in [2.05, 4.69) is 27.3 Å². The highest BCUT2D eigenvalue weighted by atomic mass is 15.2. The van der Waals surface area contributed by atoms with Crippen molar-refractivity contribution in [3.63, 3.8) is 0 Å². The van der Waals surface area contributed by atoms with E-state index in [-0.39, 0.29) is 0 Å². The molecule has 0 saturated carbocycles. The van der Waals surface area contributed by atoms with Crippen LogP contribution in [0.25, 0.3) is 0 Å². The monoisotopic (exact) mass is 203 g/mol. The van der Waals surface area contributed by atoms with Crippen molar-refractivity contribution in [2.45, 2.75) is 6.54 Å². The van der Waals surface area contributed by atoms with Crippen molar-refractivity contribution in [2.24, 2.45) is 11.8 Å². The van der Waals surface area contributed by atoms with Crippen molar-refractivity contribution in [3.8, 4) is 0 Å².